The highest BCUT2D eigenvalue weighted by atomic mass is 19.2. The molecule has 6 heteroatoms. The molecule has 0 unspecified atom stereocenters. The zero-order chi connectivity index (χ0) is 14.8. The first-order valence-electron chi connectivity index (χ1n) is 6.36. The van der Waals surface area contributed by atoms with Crippen LogP contribution in [0.4, 0.5) is 18.9 Å². The normalized spacial score (nSPS) is 17.3. The lowest BCUT2D eigenvalue weighted by Gasteiger charge is -2.29. The zero-order valence-electron chi connectivity index (χ0n) is 10.7. The van der Waals surface area contributed by atoms with Crippen LogP contribution in [0, 0.1) is 34.2 Å². The summed E-state index contributed by atoms with van der Waals surface area (Å²) in [6.45, 7) is 0. The molecule has 1 N–H and O–H groups in total. The smallest absolute Gasteiger partial charge is 0.244 e. The quantitative estimate of drug-likeness (QED) is 0.844. The van der Waals surface area contributed by atoms with Crippen molar-refractivity contribution >= 4 is 11.6 Å². The molecule has 0 saturated heterocycles. The molecule has 3 nitrogen and oxygen atoms in total. The molecule has 106 valence electrons. The molecule has 1 aliphatic carbocycles. The van der Waals surface area contributed by atoms with Crippen LogP contribution in [0.3, 0.4) is 0 Å². The first-order chi connectivity index (χ1) is 9.48. The molecule has 1 amide bonds. The second-order valence-electron chi connectivity index (χ2n) is 4.95. The Labute approximate surface area is 114 Å². The van der Waals surface area contributed by atoms with Gasteiger partial charge in [0.05, 0.1) is 11.8 Å². The van der Waals surface area contributed by atoms with E-state index in [2.05, 4.69) is 5.32 Å². The average molecular weight is 282 g/mol. The van der Waals surface area contributed by atoms with E-state index in [1.54, 1.807) is 0 Å². The molecule has 0 bridgehead atoms. The molecule has 0 radical (unpaired) electrons. The third kappa shape index (κ3) is 2.62. The lowest BCUT2D eigenvalue weighted by molar-refractivity contribution is -0.124. The van der Waals surface area contributed by atoms with Gasteiger partial charge in [0.15, 0.2) is 11.6 Å². The summed E-state index contributed by atoms with van der Waals surface area (Å²) in [6.07, 6.45) is 3.19. The highest BCUT2D eigenvalue weighted by Crippen LogP contribution is 2.37. The van der Waals surface area contributed by atoms with Crippen molar-refractivity contribution in [3.05, 3.63) is 29.6 Å². The standard InChI is InChI=1S/C14H13F3N2O/c15-9-6-11(17)12(7-10(9)16)19-13(20)14(8-18)4-2-1-3-5-14/h6-7H,1-5H2,(H,19,20). The highest BCUT2D eigenvalue weighted by Gasteiger charge is 2.40. The van der Waals surface area contributed by atoms with E-state index in [1.165, 1.54) is 0 Å². The number of hydrogen-bond acceptors (Lipinski definition) is 2. The molecule has 1 fully saturated rings. The van der Waals surface area contributed by atoms with Crippen molar-refractivity contribution in [2.24, 2.45) is 5.41 Å². The van der Waals surface area contributed by atoms with Crippen LogP contribution in [0.2, 0.25) is 0 Å². The summed E-state index contributed by atoms with van der Waals surface area (Å²) >= 11 is 0. The van der Waals surface area contributed by atoms with Crippen LogP contribution in [-0.2, 0) is 4.79 Å². The molecule has 0 aliphatic heterocycles. The van der Waals surface area contributed by atoms with Crippen molar-refractivity contribution in [3.8, 4) is 6.07 Å². The first kappa shape index (κ1) is 14.4. The van der Waals surface area contributed by atoms with Crippen molar-refractivity contribution < 1.29 is 18.0 Å². The second kappa shape index (κ2) is 5.53. The van der Waals surface area contributed by atoms with Gasteiger partial charge < -0.3 is 5.32 Å². The fraction of sp³-hybridized carbons (Fsp3) is 0.429. The number of benzene rings is 1. The summed E-state index contributed by atoms with van der Waals surface area (Å²) in [5.74, 6) is -4.31. The van der Waals surface area contributed by atoms with Gasteiger partial charge in [-0.2, -0.15) is 5.26 Å². The number of halogens is 3. The van der Waals surface area contributed by atoms with Crippen molar-refractivity contribution in [3.63, 3.8) is 0 Å². The van der Waals surface area contributed by atoms with Crippen LogP contribution in [-0.4, -0.2) is 5.91 Å². The molecule has 1 aliphatic rings. The van der Waals surface area contributed by atoms with Gasteiger partial charge in [-0.3, -0.25) is 4.79 Å². The molecule has 0 heterocycles. The van der Waals surface area contributed by atoms with Crippen LogP contribution in [0.25, 0.3) is 0 Å². The van der Waals surface area contributed by atoms with E-state index in [1.807, 2.05) is 6.07 Å². The van der Waals surface area contributed by atoms with Crippen LogP contribution < -0.4 is 5.32 Å². The Bertz CT molecular complexity index is 575. The van der Waals surface area contributed by atoms with Gasteiger partial charge in [-0.15, -0.1) is 0 Å². The van der Waals surface area contributed by atoms with E-state index in [9.17, 15) is 23.2 Å². The third-order valence-electron chi connectivity index (χ3n) is 3.61. The Balaban J connectivity index is 2.23. The minimum atomic E-state index is -1.33. The van der Waals surface area contributed by atoms with Crippen LogP contribution >= 0.6 is 0 Å². The number of amides is 1. The Morgan fingerprint density at radius 2 is 1.70 bits per heavy atom. The Kier molecular flexibility index (Phi) is 3.98. The molecule has 2 rings (SSSR count). The maximum absolute atomic E-state index is 13.5. The summed E-state index contributed by atoms with van der Waals surface area (Å²) in [5, 5.41) is 11.4. The minimum Gasteiger partial charge on any atom is -0.322 e. The van der Waals surface area contributed by atoms with Crippen LogP contribution in [0.5, 0.6) is 0 Å². The number of nitrogens with one attached hydrogen (secondary N) is 1. The van der Waals surface area contributed by atoms with E-state index in [0.29, 0.717) is 25.0 Å². The van der Waals surface area contributed by atoms with Gasteiger partial charge in [-0.1, -0.05) is 19.3 Å². The van der Waals surface area contributed by atoms with Crippen LogP contribution in [0.15, 0.2) is 12.1 Å². The number of carbonyl (C=O) groups is 1. The van der Waals surface area contributed by atoms with Gasteiger partial charge in [0.2, 0.25) is 5.91 Å². The van der Waals surface area contributed by atoms with Crippen molar-refractivity contribution in [1.29, 1.82) is 5.26 Å². The van der Waals surface area contributed by atoms with Gasteiger partial charge in [-0.05, 0) is 12.8 Å². The Morgan fingerprint density at radius 3 is 2.30 bits per heavy atom. The van der Waals surface area contributed by atoms with Gasteiger partial charge in [-0.25, -0.2) is 13.2 Å². The van der Waals surface area contributed by atoms with E-state index in [0.717, 1.165) is 19.3 Å². The van der Waals surface area contributed by atoms with E-state index >= 15 is 0 Å². The Hall–Kier alpha value is -2.03. The monoisotopic (exact) mass is 282 g/mol. The molecule has 1 aromatic rings. The zero-order valence-corrected chi connectivity index (χ0v) is 10.7. The minimum absolute atomic E-state index is 0.366. The summed E-state index contributed by atoms with van der Waals surface area (Å²) in [7, 11) is 0. The van der Waals surface area contributed by atoms with Gasteiger partial charge in [0, 0.05) is 12.1 Å². The highest BCUT2D eigenvalue weighted by molar-refractivity contribution is 5.97. The first-order valence-corrected chi connectivity index (χ1v) is 6.36. The fourth-order valence-corrected chi connectivity index (χ4v) is 2.41. The lowest BCUT2D eigenvalue weighted by atomic mass is 9.74. The summed E-state index contributed by atoms with van der Waals surface area (Å²) in [6, 6.07) is 2.93. The number of carbonyl (C=O) groups excluding carboxylic acids is 1. The molecule has 1 saturated carbocycles. The number of rotatable bonds is 2. The molecular formula is C14H13F3N2O. The molecule has 0 aromatic heterocycles. The largest absolute Gasteiger partial charge is 0.322 e. The fourth-order valence-electron chi connectivity index (χ4n) is 2.41. The predicted molar refractivity (Wildman–Crippen MR) is 66.1 cm³/mol. The summed E-state index contributed by atoms with van der Waals surface area (Å²) < 4.78 is 39.4. The van der Waals surface area contributed by atoms with E-state index in [-0.39, 0.29) is 0 Å². The predicted octanol–water partition coefficient (Wildman–Crippen LogP) is 3.52. The maximum Gasteiger partial charge on any atom is 0.244 e. The van der Waals surface area contributed by atoms with E-state index in [4.69, 9.17) is 0 Å². The Morgan fingerprint density at radius 1 is 1.10 bits per heavy atom. The lowest BCUT2D eigenvalue weighted by Crippen LogP contribution is -2.37. The number of anilines is 1. The van der Waals surface area contributed by atoms with Crippen molar-refractivity contribution in [2.45, 2.75) is 32.1 Å². The third-order valence-corrected chi connectivity index (χ3v) is 3.61. The SMILES string of the molecule is N#CC1(C(=O)Nc2cc(F)c(F)cc2F)CCCCC1. The van der Waals surface area contributed by atoms with E-state index < -0.39 is 34.5 Å². The van der Waals surface area contributed by atoms with Gasteiger partial charge in [0.1, 0.15) is 11.2 Å². The average Bonchev–Trinajstić information content (AvgIpc) is 2.45. The summed E-state index contributed by atoms with van der Waals surface area (Å²) in [5.41, 5.74) is -1.66. The molecule has 0 spiro atoms. The van der Waals surface area contributed by atoms with Crippen LogP contribution in [0.1, 0.15) is 32.1 Å². The molecular weight excluding hydrogens is 269 g/mol. The molecule has 1 aromatic carbocycles. The topological polar surface area (TPSA) is 52.9 Å². The van der Waals surface area contributed by atoms with Gasteiger partial charge >= 0.3 is 0 Å². The molecule has 0 atom stereocenters. The van der Waals surface area contributed by atoms with Crippen molar-refractivity contribution in [2.75, 3.05) is 5.32 Å². The second-order valence-corrected chi connectivity index (χ2v) is 4.95. The summed E-state index contributed by atoms with van der Waals surface area (Å²) in [4.78, 5) is 12.2. The molecule has 20 heavy (non-hydrogen) atoms. The number of nitrogens with zero attached hydrogens (tertiary/aromatic N) is 1. The van der Waals surface area contributed by atoms with Crippen molar-refractivity contribution in [1.82, 2.24) is 0 Å². The maximum atomic E-state index is 13.5. The van der Waals surface area contributed by atoms with Gasteiger partial charge in [0.25, 0.3) is 0 Å². The number of nitriles is 1. The number of hydrogen-bond donors (Lipinski definition) is 1.